The van der Waals surface area contributed by atoms with E-state index in [4.69, 9.17) is 22.7 Å². The van der Waals surface area contributed by atoms with Crippen LogP contribution in [-0.4, -0.2) is 41.1 Å². The smallest absolute Gasteiger partial charge is 0.235 e. The predicted molar refractivity (Wildman–Crippen MR) is 76.4 cm³/mol. The lowest BCUT2D eigenvalue weighted by atomic mass is 9.80. The van der Waals surface area contributed by atoms with Crippen molar-refractivity contribution in [3.63, 3.8) is 0 Å². The topological polar surface area (TPSA) is 55.6 Å². The molecule has 0 aromatic rings. The molecular formula is C13H24N2O2S. The minimum atomic E-state index is -0.688. The molecule has 0 aliphatic carbocycles. The van der Waals surface area contributed by atoms with Crippen molar-refractivity contribution in [2.45, 2.75) is 52.7 Å². The molecule has 5 heteroatoms. The van der Waals surface area contributed by atoms with Crippen LogP contribution in [0.4, 0.5) is 0 Å². The van der Waals surface area contributed by atoms with Crippen LogP contribution in [0.2, 0.25) is 0 Å². The van der Waals surface area contributed by atoms with Crippen LogP contribution in [0.1, 0.15) is 40.5 Å². The summed E-state index contributed by atoms with van der Waals surface area (Å²) in [6.07, 6.45) is 1.43. The Kier molecular flexibility index (Phi) is 5.10. The first-order chi connectivity index (χ1) is 8.37. The molecule has 0 unspecified atom stereocenters. The Balaban J connectivity index is 2.93. The highest BCUT2D eigenvalue weighted by Crippen LogP contribution is 2.30. The van der Waals surface area contributed by atoms with Gasteiger partial charge in [0.05, 0.1) is 22.6 Å². The number of hydrogen-bond donors (Lipinski definition) is 1. The van der Waals surface area contributed by atoms with Crippen molar-refractivity contribution in [1.29, 1.82) is 0 Å². The van der Waals surface area contributed by atoms with Gasteiger partial charge in [0.25, 0.3) is 0 Å². The molecule has 0 bridgehead atoms. The Bertz CT molecular complexity index is 319. The van der Waals surface area contributed by atoms with E-state index < -0.39 is 5.41 Å². The zero-order chi connectivity index (χ0) is 13.9. The predicted octanol–water partition coefficient (Wildman–Crippen LogP) is 1.71. The number of carbonyl (C=O) groups is 1. The maximum absolute atomic E-state index is 12.7. The fourth-order valence-electron chi connectivity index (χ4n) is 2.65. The molecule has 2 atom stereocenters. The van der Waals surface area contributed by atoms with Crippen LogP contribution in [0.3, 0.4) is 0 Å². The molecule has 1 aliphatic rings. The molecule has 0 aromatic carbocycles. The number of hydrogen-bond acceptors (Lipinski definition) is 3. The molecular weight excluding hydrogens is 248 g/mol. The summed E-state index contributed by atoms with van der Waals surface area (Å²) in [7, 11) is 0. The molecule has 1 rings (SSSR count). The van der Waals surface area contributed by atoms with Crippen LogP contribution in [0.25, 0.3) is 0 Å². The number of carbonyl (C=O) groups excluding carboxylic acids is 1. The summed E-state index contributed by atoms with van der Waals surface area (Å²) in [4.78, 5) is 14.9. The van der Waals surface area contributed by atoms with E-state index in [0.29, 0.717) is 30.9 Å². The third kappa shape index (κ3) is 2.83. The van der Waals surface area contributed by atoms with Gasteiger partial charge in [-0.15, -0.1) is 0 Å². The second-order valence-corrected chi connectivity index (χ2v) is 5.56. The summed E-state index contributed by atoms with van der Waals surface area (Å²) in [5, 5.41) is 0. The van der Waals surface area contributed by atoms with Gasteiger partial charge in [-0.25, -0.2) is 0 Å². The Hall–Kier alpha value is -0.680. The van der Waals surface area contributed by atoms with Crippen LogP contribution in [0, 0.1) is 5.41 Å². The van der Waals surface area contributed by atoms with E-state index >= 15 is 0 Å². The standard InChI is InChI=1S/C13H24N2O2S/c1-5-13(6-2,11(14)18)12(16)15-7-9(3)17-10(4)8-15/h9-10H,5-8H2,1-4H3,(H2,14,18)/t9-,10+. The second kappa shape index (κ2) is 5.97. The van der Waals surface area contributed by atoms with Gasteiger partial charge in [-0.2, -0.15) is 0 Å². The van der Waals surface area contributed by atoms with Gasteiger partial charge in [0.2, 0.25) is 5.91 Å². The highest BCUT2D eigenvalue weighted by molar-refractivity contribution is 7.80. The van der Waals surface area contributed by atoms with Crippen molar-refractivity contribution in [3.05, 3.63) is 0 Å². The highest BCUT2D eigenvalue weighted by Gasteiger charge is 2.42. The summed E-state index contributed by atoms with van der Waals surface area (Å²) in [5.41, 5.74) is 5.13. The summed E-state index contributed by atoms with van der Waals surface area (Å²) < 4.78 is 5.65. The van der Waals surface area contributed by atoms with Crippen molar-refractivity contribution < 1.29 is 9.53 Å². The monoisotopic (exact) mass is 272 g/mol. The van der Waals surface area contributed by atoms with Gasteiger partial charge in [-0.3, -0.25) is 4.79 Å². The SMILES string of the molecule is CCC(CC)(C(=O)N1C[C@@H](C)O[C@@H](C)C1)C(N)=S. The average Bonchev–Trinajstić information content (AvgIpc) is 2.29. The normalized spacial score (nSPS) is 25.0. The second-order valence-electron chi connectivity index (χ2n) is 5.12. The maximum atomic E-state index is 12.7. The van der Waals surface area contributed by atoms with Crippen LogP contribution >= 0.6 is 12.2 Å². The Morgan fingerprint density at radius 3 is 2.11 bits per heavy atom. The zero-order valence-corrected chi connectivity index (χ0v) is 12.5. The van der Waals surface area contributed by atoms with Gasteiger partial charge < -0.3 is 15.4 Å². The average molecular weight is 272 g/mol. The van der Waals surface area contributed by atoms with Crippen molar-refractivity contribution >= 4 is 23.1 Å². The largest absolute Gasteiger partial charge is 0.392 e. The van der Waals surface area contributed by atoms with Gasteiger partial charge in [0.15, 0.2) is 0 Å². The van der Waals surface area contributed by atoms with Gasteiger partial charge in [0, 0.05) is 13.1 Å². The molecule has 1 saturated heterocycles. The van der Waals surface area contributed by atoms with Gasteiger partial charge in [-0.05, 0) is 26.7 Å². The maximum Gasteiger partial charge on any atom is 0.235 e. The number of nitrogens with zero attached hydrogens (tertiary/aromatic N) is 1. The molecule has 0 spiro atoms. The Labute approximate surface area is 115 Å². The lowest BCUT2D eigenvalue weighted by Gasteiger charge is -2.41. The minimum absolute atomic E-state index is 0.0574. The summed E-state index contributed by atoms with van der Waals surface area (Å²) in [6, 6.07) is 0. The third-order valence-electron chi connectivity index (χ3n) is 3.79. The van der Waals surface area contributed by atoms with Crippen LogP contribution < -0.4 is 5.73 Å². The first kappa shape index (κ1) is 15.4. The molecule has 1 aliphatic heterocycles. The van der Waals surface area contributed by atoms with Crippen LogP contribution in [0.5, 0.6) is 0 Å². The molecule has 2 N–H and O–H groups in total. The van der Waals surface area contributed by atoms with E-state index in [1.165, 1.54) is 0 Å². The number of amides is 1. The minimum Gasteiger partial charge on any atom is -0.392 e. The Morgan fingerprint density at radius 1 is 1.33 bits per heavy atom. The highest BCUT2D eigenvalue weighted by atomic mass is 32.1. The molecule has 4 nitrogen and oxygen atoms in total. The van der Waals surface area contributed by atoms with Crippen molar-refractivity contribution in [2.24, 2.45) is 11.1 Å². The van der Waals surface area contributed by atoms with E-state index in [1.807, 2.05) is 32.6 Å². The fraction of sp³-hybridized carbons (Fsp3) is 0.846. The summed E-state index contributed by atoms with van der Waals surface area (Å²) in [6.45, 7) is 9.13. The molecule has 1 amide bonds. The van der Waals surface area contributed by atoms with E-state index in [1.54, 1.807) is 0 Å². The van der Waals surface area contributed by atoms with E-state index in [9.17, 15) is 4.79 Å². The molecule has 18 heavy (non-hydrogen) atoms. The molecule has 0 radical (unpaired) electrons. The molecule has 1 heterocycles. The third-order valence-corrected chi connectivity index (χ3v) is 4.19. The van der Waals surface area contributed by atoms with E-state index in [0.717, 1.165) is 0 Å². The number of morpholine rings is 1. The number of nitrogens with two attached hydrogens (primary N) is 1. The lowest BCUT2D eigenvalue weighted by Crippen LogP contribution is -2.56. The fourth-order valence-corrected chi connectivity index (χ4v) is 3.03. The molecule has 1 fully saturated rings. The van der Waals surface area contributed by atoms with Gasteiger partial charge in [-0.1, -0.05) is 26.1 Å². The summed E-state index contributed by atoms with van der Waals surface area (Å²) in [5.74, 6) is 0.0574. The molecule has 0 aromatic heterocycles. The Morgan fingerprint density at radius 2 is 1.78 bits per heavy atom. The van der Waals surface area contributed by atoms with Gasteiger partial charge in [0.1, 0.15) is 0 Å². The quantitative estimate of drug-likeness (QED) is 0.792. The van der Waals surface area contributed by atoms with E-state index in [-0.39, 0.29) is 18.1 Å². The summed E-state index contributed by atoms with van der Waals surface area (Å²) >= 11 is 5.13. The van der Waals surface area contributed by atoms with Crippen molar-refractivity contribution in [3.8, 4) is 0 Å². The van der Waals surface area contributed by atoms with Crippen molar-refractivity contribution in [2.75, 3.05) is 13.1 Å². The lowest BCUT2D eigenvalue weighted by molar-refractivity contribution is -0.150. The zero-order valence-electron chi connectivity index (χ0n) is 11.7. The first-order valence-corrected chi connectivity index (χ1v) is 7.03. The van der Waals surface area contributed by atoms with Gasteiger partial charge >= 0.3 is 0 Å². The molecule has 104 valence electrons. The van der Waals surface area contributed by atoms with Crippen LogP contribution in [-0.2, 0) is 9.53 Å². The van der Waals surface area contributed by atoms with Crippen LogP contribution in [0.15, 0.2) is 0 Å². The number of ether oxygens (including phenoxy) is 1. The number of rotatable bonds is 4. The number of thiocarbonyl (C=S) groups is 1. The molecule has 0 saturated carbocycles. The van der Waals surface area contributed by atoms with E-state index in [2.05, 4.69) is 0 Å². The first-order valence-electron chi connectivity index (χ1n) is 6.62. The van der Waals surface area contributed by atoms with Crippen molar-refractivity contribution in [1.82, 2.24) is 4.90 Å².